The van der Waals surface area contributed by atoms with Crippen LogP contribution in [0.15, 0.2) is 12.1 Å². The van der Waals surface area contributed by atoms with Crippen LogP contribution in [-0.4, -0.2) is 35.4 Å². The Kier molecular flexibility index (Phi) is 5.01. The van der Waals surface area contributed by atoms with E-state index in [-0.39, 0.29) is 36.1 Å². The normalized spacial score (nSPS) is 15.9. The zero-order valence-corrected chi connectivity index (χ0v) is 11.9. The lowest BCUT2D eigenvalue weighted by Crippen LogP contribution is -2.39. The minimum atomic E-state index is -1.18. The summed E-state index contributed by atoms with van der Waals surface area (Å²) in [4.78, 5) is 12.9. The maximum atomic E-state index is 14.2. The molecule has 0 bridgehead atoms. The van der Waals surface area contributed by atoms with Crippen LogP contribution in [0.1, 0.15) is 42.5 Å². The Morgan fingerprint density at radius 2 is 2.00 bits per heavy atom. The molecule has 6 heteroatoms. The molecule has 0 amide bonds. The van der Waals surface area contributed by atoms with Gasteiger partial charge < -0.3 is 20.8 Å². The average molecular weight is 296 g/mol. The molecule has 1 aliphatic carbocycles. The van der Waals surface area contributed by atoms with E-state index in [4.69, 9.17) is 10.8 Å². The summed E-state index contributed by atoms with van der Waals surface area (Å²) in [5.41, 5.74) is 5.57. The molecule has 0 heterocycles. The van der Waals surface area contributed by atoms with Gasteiger partial charge >= 0.3 is 5.97 Å². The van der Waals surface area contributed by atoms with Gasteiger partial charge in [-0.3, -0.25) is 0 Å². The standard InChI is InChI=1S/C15H21FN2O3/c16-12-9-13(17)11(15(20)21)8-14(12)18(6-7-19)10-4-2-1-3-5-10/h8-10,19H,1-7,17H2,(H,20,21). The van der Waals surface area contributed by atoms with Gasteiger partial charge in [0, 0.05) is 18.3 Å². The lowest BCUT2D eigenvalue weighted by atomic mass is 9.93. The van der Waals surface area contributed by atoms with Gasteiger partial charge in [0.2, 0.25) is 0 Å². The first-order valence-corrected chi connectivity index (χ1v) is 7.24. The summed E-state index contributed by atoms with van der Waals surface area (Å²) < 4.78 is 14.2. The largest absolute Gasteiger partial charge is 0.478 e. The minimum absolute atomic E-state index is 0.0867. The third-order valence-electron chi connectivity index (χ3n) is 4.02. The van der Waals surface area contributed by atoms with Gasteiger partial charge in [0.15, 0.2) is 0 Å². The Labute approximate surface area is 123 Å². The molecule has 0 radical (unpaired) electrons. The van der Waals surface area contributed by atoms with Gasteiger partial charge in [0.1, 0.15) is 5.82 Å². The zero-order valence-electron chi connectivity index (χ0n) is 11.9. The molecule has 1 aromatic carbocycles. The molecule has 0 aliphatic heterocycles. The number of nitrogens with two attached hydrogens (primary N) is 1. The van der Waals surface area contributed by atoms with Crippen LogP contribution in [-0.2, 0) is 0 Å². The van der Waals surface area contributed by atoms with Gasteiger partial charge in [0.05, 0.1) is 17.9 Å². The number of hydrogen-bond acceptors (Lipinski definition) is 4. The fourth-order valence-electron chi connectivity index (χ4n) is 2.98. The van der Waals surface area contributed by atoms with Crippen molar-refractivity contribution >= 4 is 17.3 Å². The van der Waals surface area contributed by atoms with E-state index in [9.17, 15) is 14.3 Å². The van der Waals surface area contributed by atoms with Crippen LogP contribution in [0, 0.1) is 5.82 Å². The van der Waals surface area contributed by atoms with Crippen LogP contribution in [0.4, 0.5) is 15.8 Å². The van der Waals surface area contributed by atoms with Crippen molar-refractivity contribution in [2.24, 2.45) is 0 Å². The fraction of sp³-hybridized carbons (Fsp3) is 0.533. The van der Waals surface area contributed by atoms with Gasteiger partial charge in [-0.2, -0.15) is 0 Å². The van der Waals surface area contributed by atoms with Crippen molar-refractivity contribution in [2.75, 3.05) is 23.8 Å². The fourth-order valence-corrected chi connectivity index (χ4v) is 2.98. The van der Waals surface area contributed by atoms with Crippen molar-refractivity contribution in [3.63, 3.8) is 0 Å². The first-order chi connectivity index (χ1) is 10.0. The van der Waals surface area contributed by atoms with Gasteiger partial charge in [0.25, 0.3) is 0 Å². The first-order valence-electron chi connectivity index (χ1n) is 7.24. The Morgan fingerprint density at radius 3 is 2.57 bits per heavy atom. The second-order valence-corrected chi connectivity index (χ2v) is 5.40. The lowest BCUT2D eigenvalue weighted by Gasteiger charge is -2.36. The highest BCUT2D eigenvalue weighted by Crippen LogP contribution is 2.31. The number of anilines is 2. The number of rotatable bonds is 5. The number of aromatic carboxylic acids is 1. The summed E-state index contributed by atoms with van der Waals surface area (Å²) in [5.74, 6) is -1.72. The van der Waals surface area contributed by atoms with E-state index >= 15 is 0 Å². The number of nitrogens with zero attached hydrogens (tertiary/aromatic N) is 1. The SMILES string of the molecule is Nc1cc(F)c(N(CCO)C2CCCCC2)cc1C(=O)O. The Balaban J connectivity index is 2.38. The quantitative estimate of drug-likeness (QED) is 0.725. The summed E-state index contributed by atoms with van der Waals surface area (Å²) in [6.07, 6.45) is 5.14. The van der Waals surface area contributed by atoms with Crippen LogP contribution < -0.4 is 10.6 Å². The van der Waals surface area contributed by atoms with Gasteiger partial charge in [-0.05, 0) is 25.0 Å². The molecule has 0 unspecified atom stereocenters. The maximum Gasteiger partial charge on any atom is 0.337 e. The number of aliphatic hydroxyl groups excluding tert-OH is 1. The molecule has 1 fully saturated rings. The molecule has 1 saturated carbocycles. The number of halogens is 1. The van der Waals surface area contributed by atoms with Crippen LogP contribution in [0.3, 0.4) is 0 Å². The molecule has 0 saturated heterocycles. The van der Waals surface area contributed by atoms with E-state index < -0.39 is 11.8 Å². The van der Waals surface area contributed by atoms with E-state index in [1.165, 1.54) is 6.07 Å². The molecule has 0 aromatic heterocycles. The highest BCUT2D eigenvalue weighted by molar-refractivity contribution is 5.95. The molecule has 0 spiro atoms. The van der Waals surface area contributed by atoms with Crippen molar-refractivity contribution in [1.82, 2.24) is 0 Å². The van der Waals surface area contributed by atoms with Gasteiger partial charge in [-0.1, -0.05) is 19.3 Å². The predicted octanol–water partition coefficient (Wildman–Crippen LogP) is 2.24. The Hall–Kier alpha value is -1.82. The molecule has 2 rings (SSSR count). The molecule has 0 atom stereocenters. The van der Waals surface area contributed by atoms with Crippen LogP contribution >= 0.6 is 0 Å². The van der Waals surface area contributed by atoms with Crippen LogP contribution in [0.2, 0.25) is 0 Å². The number of benzene rings is 1. The molecule has 21 heavy (non-hydrogen) atoms. The Morgan fingerprint density at radius 1 is 1.33 bits per heavy atom. The van der Waals surface area contributed by atoms with Crippen molar-refractivity contribution in [3.05, 3.63) is 23.5 Å². The monoisotopic (exact) mass is 296 g/mol. The van der Waals surface area contributed by atoms with Crippen molar-refractivity contribution < 1.29 is 19.4 Å². The number of carbonyl (C=O) groups is 1. The molecule has 5 nitrogen and oxygen atoms in total. The lowest BCUT2D eigenvalue weighted by molar-refractivity contribution is 0.0698. The van der Waals surface area contributed by atoms with E-state index in [0.29, 0.717) is 0 Å². The second kappa shape index (κ2) is 6.76. The molecule has 4 N–H and O–H groups in total. The predicted molar refractivity (Wildman–Crippen MR) is 79.1 cm³/mol. The highest BCUT2D eigenvalue weighted by Gasteiger charge is 2.25. The Bertz CT molecular complexity index is 516. The zero-order chi connectivity index (χ0) is 15.4. The van der Waals surface area contributed by atoms with E-state index in [1.54, 1.807) is 4.90 Å². The molecule has 1 aromatic rings. The molecular weight excluding hydrogens is 275 g/mol. The van der Waals surface area contributed by atoms with Crippen molar-refractivity contribution in [2.45, 2.75) is 38.1 Å². The van der Waals surface area contributed by atoms with E-state index in [2.05, 4.69) is 0 Å². The van der Waals surface area contributed by atoms with E-state index in [0.717, 1.165) is 38.2 Å². The minimum Gasteiger partial charge on any atom is -0.478 e. The summed E-state index contributed by atoms with van der Waals surface area (Å²) in [6, 6.07) is 2.45. The number of aliphatic hydroxyl groups is 1. The van der Waals surface area contributed by atoms with Gasteiger partial charge in [-0.15, -0.1) is 0 Å². The third-order valence-corrected chi connectivity index (χ3v) is 4.02. The topological polar surface area (TPSA) is 86.8 Å². The summed E-state index contributed by atoms with van der Waals surface area (Å²) in [5, 5.41) is 18.4. The number of hydrogen-bond donors (Lipinski definition) is 3. The summed E-state index contributed by atoms with van der Waals surface area (Å²) >= 11 is 0. The molecular formula is C15H21FN2O3. The molecule has 116 valence electrons. The van der Waals surface area contributed by atoms with Crippen molar-refractivity contribution in [3.8, 4) is 0 Å². The smallest absolute Gasteiger partial charge is 0.337 e. The number of carboxylic acid groups (broad SMARTS) is 1. The first kappa shape index (κ1) is 15.6. The third kappa shape index (κ3) is 3.44. The summed E-state index contributed by atoms with van der Waals surface area (Å²) in [7, 11) is 0. The molecule has 1 aliphatic rings. The van der Waals surface area contributed by atoms with E-state index in [1.807, 2.05) is 0 Å². The average Bonchev–Trinajstić information content (AvgIpc) is 2.46. The maximum absolute atomic E-state index is 14.2. The van der Waals surface area contributed by atoms with Crippen LogP contribution in [0.25, 0.3) is 0 Å². The number of nitrogen functional groups attached to an aromatic ring is 1. The van der Waals surface area contributed by atoms with Crippen molar-refractivity contribution in [1.29, 1.82) is 0 Å². The van der Waals surface area contributed by atoms with Crippen LogP contribution in [0.5, 0.6) is 0 Å². The highest BCUT2D eigenvalue weighted by atomic mass is 19.1. The van der Waals surface area contributed by atoms with Gasteiger partial charge in [-0.25, -0.2) is 9.18 Å². The number of carboxylic acids is 1. The summed E-state index contributed by atoms with van der Waals surface area (Å²) in [6.45, 7) is 0.174. The second-order valence-electron chi connectivity index (χ2n) is 5.40.